The highest BCUT2D eigenvalue weighted by molar-refractivity contribution is 7.15. The van der Waals surface area contributed by atoms with E-state index >= 15 is 0 Å². The van der Waals surface area contributed by atoms with E-state index in [1.807, 2.05) is 30.7 Å². The molecule has 0 aromatic carbocycles. The fourth-order valence-electron chi connectivity index (χ4n) is 3.79. The van der Waals surface area contributed by atoms with Gasteiger partial charge in [0.25, 0.3) is 0 Å². The van der Waals surface area contributed by atoms with Gasteiger partial charge in [-0.3, -0.25) is 15.1 Å². The number of aromatic amines is 2. The molecule has 7 nitrogen and oxygen atoms in total. The zero-order chi connectivity index (χ0) is 20.9. The molecule has 31 heavy (non-hydrogen) atoms. The Balaban J connectivity index is 1.52. The molecule has 6 aromatic heterocycles. The van der Waals surface area contributed by atoms with E-state index in [0.29, 0.717) is 11.5 Å². The highest BCUT2D eigenvalue weighted by Gasteiger charge is 2.17. The van der Waals surface area contributed by atoms with E-state index in [4.69, 9.17) is 4.98 Å². The summed E-state index contributed by atoms with van der Waals surface area (Å²) in [7, 11) is 0. The third-order valence-electron chi connectivity index (χ3n) is 5.37. The highest BCUT2D eigenvalue weighted by Crippen LogP contribution is 2.34. The molecule has 0 spiro atoms. The van der Waals surface area contributed by atoms with E-state index in [1.165, 1.54) is 4.88 Å². The minimum absolute atomic E-state index is 0.686. The molecule has 0 aliphatic carbocycles. The second-order valence-electron chi connectivity index (χ2n) is 7.43. The Morgan fingerprint density at radius 1 is 0.935 bits per heavy atom. The van der Waals surface area contributed by atoms with Gasteiger partial charge in [-0.25, -0.2) is 9.97 Å². The van der Waals surface area contributed by atoms with E-state index in [-0.39, 0.29) is 0 Å². The second kappa shape index (κ2) is 6.82. The summed E-state index contributed by atoms with van der Waals surface area (Å²) < 4.78 is 0. The Kier molecular flexibility index (Phi) is 3.94. The van der Waals surface area contributed by atoms with Crippen molar-refractivity contribution in [2.45, 2.75) is 13.8 Å². The van der Waals surface area contributed by atoms with Gasteiger partial charge < -0.3 is 4.98 Å². The smallest absolute Gasteiger partial charge is 0.159 e. The average molecular weight is 424 g/mol. The summed E-state index contributed by atoms with van der Waals surface area (Å²) in [5, 5.41) is 8.44. The number of H-pyrrole nitrogens is 2. The number of rotatable bonds is 3. The number of thiophene rings is 1. The Labute approximate surface area is 181 Å². The lowest BCUT2D eigenvalue weighted by atomic mass is 10.0. The minimum Gasteiger partial charge on any atom is -0.336 e. The van der Waals surface area contributed by atoms with Crippen LogP contribution in [0.2, 0.25) is 0 Å². The Morgan fingerprint density at radius 3 is 2.71 bits per heavy atom. The van der Waals surface area contributed by atoms with Gasteiger partial charge in [0.1, 0.15) is 16.9 Å². The number of aryl methyl sites for hydroxylation is 2. The maximum absolute atomic E-state index is 4.88. The third-order valence-corrected chi connectivity index (χ3v) is 6.37. The van der Waals surface area contributed by atoms with E-state index < -0.39 is 0 Å². The van der Waals surface area contributed by atoms with Crippen LogP contribution in [0.5, 0.6) is 0 Å². The van der Waals surface area contributed by atoms with Gasteiger partial charge in [0.15, 0.2) is 11.5 Å². The molecule has 0 radical (unpaired) electrons. The third kappa shape index (κ3) is 2.91. The van der Waals surface area contributed by atoms with Gasteiger partial charge >= 0.3 is 0 Å². The molecule has 6 rings (SSSR count). The molecule has 0 fully saturated rings. The zero-order valence-corrected chi connectivity index (χ0v) is 17.7. The summed E-state index contributed by atoms with van der Waals surface area (Å²) in [6.07, 6.45) is 7.31. The number of nitrogens with one attached hydrogen (secondary N) is 2. The molecule has 0 atom stereocenters. The van der Waals surface area contributed by atoms with Crippen molar-refractivity contribution in [2.75, 3.05) is 0 Å². The molecule has 0 unspecified atom stereocenters. The Bertz CT molecular complexity index is 1570. The van der Waals surface area contributed by atoms with Gasteiger partial charge in [0.2, 0.25) is 0 Å². The summed E-state index contributed by atoms with van der Waals surface area (Å²) in [5.41, 5.74) is 7.27. The monoisotopic (exact) mass is 423 g/mol. The molecule has 0 aliphatic heterocycles. The largest absolute Gasteiger partial charge is 0.336 e. The van der Waals surface area contributed by atoms with Gasteiger partial charge in [0.05, 0.1) is 15.8 Å². The predicted molar refractivity (Wildman–Crippen MR) is 123 cm³/mol. The minimum atomic E-state index is 0.686. The number of nitrogens with zero attached hydrogens (tertiary/aromatic N) is 5. The van der Waals surface area contributed by atoms with E-state index in [9.17, 15) is 0 Å². The summed E-state index contributed by atoms with van der Waals surface area (Å²) in [6.45, 7) is 4.16. The lowest BCUT2D eigenvalue weighted by Crippen LogP contribution is -1.87. The molecule has 0 aliphatic rings. The molecule has 0 saturated carbocycles. The van der Waals surface area contributed by atoms with Crippen LogP contribution in [0.1, 0.15) is 10.4 Å². The van der Waals surface area contributed by atoms with Gasteiger partial charge in [0, 0.05) is 40.8 Å². The van der Waals surface area contributed by atoms with Crippen molar-refractivity contribution < 1.29 is 0 Å². The van der Waals surface area contributed by atoms with Gasteiger partial charge in [-0.1, -0.05) is 0 Å². The van der Waals surface area contributed by atoms with E-state index in [2.05, 4.69) is 62.2 Å². The molecular formula is C23H17N7S. The van der Waals surface area contributed by atoms with Gasteiger partial charge in [-0.15, -0.1) is 11.3 Å². The van der Waals surface area contributed by atoms with Crippen LogP contribution in [0, 0.1) is 13.8 Å². The normalized spacial score (nSPS) is 11.5. The molecule has 0 saturated heterocycles. The van der Waals surface area contributed by atoms with Crippen molar-refractivity contribution in [1.82, 2.24) is 35.1 Å². The topological polar surface area (TPSA) is 96.0 Å². The number of pyridine rings is 3. The van der Waals surface area contributed by atoms with Gasteiger partial charge in [-0.05, 0) is 49.7 Å². The number of aromatic nitrogens is 7. The van der Waals surface area contributed by atoms with Gasteiger partial charge in [-0.2, -0.15) is 5.10 Å². The standard InChI is InChI=1S/C23H17N7S/c1-12-5-7-24-11-16(12)14-9-15-19(29-30-22(15)26-10-14)23-27-17-6-8-25-21(20(17)28-23)18-4-3-13(2)31-18/h3-11H,1-2H3,(H,27,28)(H,26,29,30). The molecule has 150 valence electrons. The first-order chi connectivity index (χ1) is 15.2. The van der Waals surface area contributed by atoms with Crippen LogP contribution in [0.15, 0.2) is 55.1 Å². The average Bonchev–Trinajstić information content (AvgIpc) is 3.50. The maximum atomic E-state index is 4.88. The van der Waals surface area contributed by atoms with Crippen molar-refractivity contribution in [3.8, 4) is 33.2 Å². The van der Waals surface area contributed by atoms with Crippen LogP contribution in [0.4, 0.5) is 0 Å². The first-order valence-electron chi connectivity index (χ1n) is 9.84. The van der Waals surface area contributed by atoms with Crippen LogP contribution in [-0.4, -0.2) is 35.1 Å². The van der Waals surface area contributed by atoms with Crippen molar-refractivity contribution in [3.05, 3.63) is 65.6 Å². The maximum Gasteiger partial charge on any atom is 0.159 e. The van der Waals surface area contributed by atoms with Crippen LogP contribution >= 0.6 is 11.3 Å². The van der Waals surface area contributed by atoms with Crippen molar-refractivity contribution >= 4 is 33.4 Å². The fourth-order valence-corrected chi connectivity index (χ4v) is 4.65. The lowest BCUT2D eigenvalue weighted by molar-refractivity contribution is 1.09. The number of imidazole rings is 1. The first-order valence-corrected chi connectivity index (χ1v) is 10.7. The molecule has 6 heterocycles. The summed E-state index contributed by atoms with van der Waals surface area (Å²) in [4.78, 5) is 24.1. The number of hydrogen-bond donors (Lipinski definition) is 2. The van der Waals surface area contributed by atoms with Crippen LogP contribution in [-0.2, 0) is 0 Å². The number of hydrogen-bond acceptors (Lipinski definition) is 6. The Hall–Kier alpha value is -3.91. The number of fused-ring (bicyclic) bond motifs is 2. The fraction of sp³-hybridized carbons (Fsp3) is 0.0870. The quantitative estimate of drug-likeness (QED) is 0.402. The summed E-state index contributed by atoms with van der Waals surface area (Å²) in [6, 6.07) is 10.2. The van der Waals surface area contributed by atoms with Crippen LogP contribution in [0.3, 0.4) is 0 Å². The molecule has 2 N–H and O–H groups in total. The first kappa shape index (κ1) is 17.9. The van der Waals surface area contributed by atoms with Crippen LogP contribution < -0.4 is 0 Å². The lowest BCUT2D eigenvalue weighted by Gasteiger charge is -2.04. The van der Waals surface area contributed by atoms with E-state index in [0.717, 1.165) is 49.4 Å². The predicted octanol–water partition coefficient (Wildman–Crippen LogP) is 5.30. The van der Waals surface area contributed by atoms with E-state index in [1.54, 1.807) is 17.5 Å². The Morgan fingerprint density at radius 2 is 1.87 bits per heavy atom. The summed E-state index contributed by atoms with van der Waals surface area (Å²) >= 11 is 1.71. The second-order valence-corrected chi connectivity index (χ2v) is 8.72. The SMILES string of the molecule is Cc1ccc(-c2nccc3[nH]c(-c4n[nH]c5ncc(-c6cnccc6C)cc45)nc23)s1. The molecule has 8 heteroatoms. The van der Waals surface area contributed by atoms with Crippen LogP contribution in [0.25, 0.3) is 55.3 Å². The molecule has 6 aromatic rings. The van der Waals surface area contributed by atoms with Crippen molar-refractivity contribution in [2.24, 2.45) is 0 Å². The van der Waals surface area contributed by atoms with Crippen molar-refractivity contribution in [3.63, 3.8) is 0 Å². The highest BCUT2D eigenvalue weighted by atomic mass is 32.1. The molecular weight excluding hydrogens is 406 g/mol. The molecule has 0 bridgehead atoms. The molecule has 0 amide bonds. The van der Waals surface area contributed by atoms with Crippen molar-refractivity contribution in [1.29, 1.82) is 0 Å². The zero-order valence-electron chi connectivity index (χ0n) is 16.8. The summed E-state index contributed by atoms with van der Waals surface area (Å²) in [5.74, 6) is 0.686.